The molecule has 0 aliphatic heterocycles. The number of hydrogen-bond donors (Lipinski definition) is 2. The monoisotopic (exact) mass is 309 g/mol. The lowest BCUT2D eigenvalue weighted by atomic mass is 9.97. The summed E-state index contributed by atoms with van der Waals surface area (Å²) in [5.41, 5.74) is -0.992. The number of rotatable bonds is 8. The second-order valence-corrected chi connectivity index (χ2v) is 6.81. The van der Waals surface area contributed by atoms with Crippen LogP contribution in [0.2, 0.25) is 0 Å². The van der Waals surface area contributed by atoms with E-state index in [1.165, 1.54) is 4.88 Å². The third-order valence-corrected chi connectivity index (χ3v) is 5.09. The summed E-state index contributed by atoms with van der Waals surface area (Å²) in [4.78, 5) is 24.7. The van der Waals surface area contributed by atoms with Crippen molar-refractivity contribution in [2.75, 3.05) is 0 Å². The van der Waals surface area contributed by atoms with Gasteiger partial charge in [-0.1, -0.05) is 25.3 Å². The van der Waals surface area contributed by atoms with E-state index in [1.807, 2.05) is 0 Å². The minimum atomic E-state index is -0.992. The Morgan fingerprint density at radius 2 is 2.00 bits per heavy atom. The van der Waals surface area contributed by atoms with Gasteiger partial charge in [-0.25, -0.2) is 4.79 Å². The first-order valence-electron chi connectivity index (χ1n) is 7.69. The molecule has 0 bridgehead atoms. The number of hydrogen-bond acceptors (Lipinski definition) is 3. The molecule has 0 radical (unpaired) electrons. The number of unbranched alkanes of at least 4 members (excludes halogenated alkanes) is 2. The van der Waals surface area contributed by atoms with E-state index in [2.05, 4.69) is 22.8 Å². The van der Waals surface area contributed by atoms with Crippen LogP contribution < -0.4 is 5.32 Å². The number of carboxylic acid groups (broad SMARTS) is 1. The topological polar surface area (TPSA) is 66.4 Å². The third kappa shape index (κ3) is 4.56. The van der Waals surface area contributed by atoms with E-state index in [-0.39, 0.29) is 5.91 Å². The zero-order valence-corrected chi connectivity index (χ0v) is 13.1. The maximum atomic E-state index is 11.9. The number of carbonyl (C=O) groups excluding carboxylic acids is 1. The standard InChI is InChI=1S/C16H23NO3S/c18-14(17-16(15(19)20)10-4-5-11-16)9-3-1-2-7-13-8-6-12-21-13/h6,8,12H,1-5,7,9-11H2,(H,17,18)(H,19,20). The Balaban J connectivity index is 1.64. The third-order valence-electron chi connectivity index (χ3n) is 4.15. The number of aryl methyl sites for hydroxylation is 1. The Labute approximate surface area is 129 Å². The van der Waals surface area contributed by atoms with Gasteiger partial charge in [-0.2, -0.15) is 0 Å². The van der Waals surface area contributed by atoms with Crippen LogP contribution in [0.5, 0.6) is 0 Å². The quantitative estimate of drug-likeness (QED) is 0.724. The van der Waals surface area contributed by atoms with Gasteiger partial charge in [0.15, 0.2) is 0 Å². The second-order valence-electron chi connectivity index (χ2n) is 5.78. The first kappa shape index (κ1) is 16.0. The molecule has 1 saturated carbocycles. The molecule has 1 aromatic heterocycles. The minimum absolute atomic E-state index is 0.115. The number of carbonyl (C=O) groups is 2. The van der Waals surface area contributed by atoms with Gasteiger partial charge in [0, 0.05) is 11.3 Å². The van der Waals surface area contributed by atoms with Crippen molar-refractivity contribution in [3.63, 3.8) is 0 Å². The van der Waals surface area contributed by atoms with Gasteiger partial charge in [-0.15, -0.1) is 11.3 Å². The molecule has 1 heterocycles. The summed E-state index contributed by atoms with van der Waals surface area (Å²) >= 11 is 1.77. The van der Waals surface area contributed by atoms with E-state index >= 15 is 0 Å². The summed E-state index contributed by atoms with van der Waals surface area (Å²) in [6.07, 6.45) is 7.30. The lowest BCUT2D eigenvalue weighted by Crippen LogP contribution is -2.52. The van der Waals surface area contributed by atoms with Crippen LogP contribution in [0.25, 0.3) is 0 Å². The van der Waals surface area contributed by atoms with Crippen molar-refractivity contribution in [3.05, 3.63) is 22.4 Å². The molecule has 0 aromatic carbocycles. The van der Waals surface area contributed by atoms with Gasteiger partial charge in [-0.05, 0) is 43.6 Å². The number of nitrogens with one attached hydrogen (secondary N) is 1. The molecule has 21 heavy (non-hydrogen) atoms. The minimum Gasteiger partial charge on any atom is -0.480 e. The lowest BCUT2D eigenvalue weighted by molar-refractivity contribution is -0.147. The average molecular weight is 309 g/mol. The molecule has 116 valence electrons. The molecule has 2 rings (SSSR count). The fraction of sp³-hybridized carbons (Fsp3) is 0.625. The van der Waals surface area contributed by atoms with Crippen molar-refractivity contribution >= 4 is 23.2 Å². The molecule has 1 aliphatic carbocycles. The predicted octanol–water partition coefficient (Wildman–Crippen LogP) is 3.36. The first-order chi connectivity index (χ1) is 10.1. The SMILES string of the molecule is O=C(CCCCCc1cccs1)NC1(C(=O)O)CCCC1. The van der Waals surface area contributed by atoms with Crippen LogP contribution >= 0.6 is 11.3 Å². The number of aliphatic carboxylic acids is 1. The molecule has 1 amide bonds. The molecule has 5 heteroatoms. The number of thiophene rings is 1. The number of amides is 1. The Bertz CT molecular complexity index is 464. The highest BCUT2D eigenvalue weighted by Gasteiger charge is 2.42. The van der Waals surface area contributed by atoms with Crippen LogP contribution in [0.1, 0.15) is 56.2 Å². The van der Waals surface area contributed by atoms with Crippen molar-refractivity contribution in [1.82, 2.24) is 5.32 Å². The van der Waals surface area contributed by atoms with Gasteiger partial charge in [0.25, 0.3) is 0 Å². The Hall–Kier alpha value is -1.36. The summed E-state index contributed by atoms with van der Waals surface area (Å²) in [6, 6.07) is 4.19. The lowest BCUT2D eigenvalue weighted by Gasteiger charge is -2.25. The molecule has 2 N–H and O–H groups in total. The maximum absolute atomic E-state index is 11.9. The second kappa shape index (κ2) is 7.59. The summed E-state index contributed by atoms with van der Waals surface area (Å²) in [6.45, 7) is 0. The molecule has 0 spiro atoms. The normalized spacial score (nSPS) is 16.8. The van der Waals surface area contributed by atoms with E-state index in [0.29, 0.717) is 19.3 Å². The van der Waals surface area contributed by atoms with Crippen molar-refractivity contribution in [3.8, 4) is 0 Å². The van der Waals surface area contributed by atoms with Crippen LogP contribution in [0.4, 0.5) is 0 Å². The van der Waals surface area contributed by atoms with Crippen molar-refractivity contribution in [2.24, 2.45) is 0 Å². The highest BCUT2D eigenvalue weighted by atomic mass is 32.1. The van der Waals surface area contributed by atoms with Gasteiger partial charge in [0.2, 0.25) is 5.91 Å². The van der Waals surface area contributed by atoms with E-state index in [0.717, 1.165) is 38.5 Å². The Morgan fingerprint density at radius 3 is 2.62 bits per heavy atom. The van der Waals surface area contributed by atoms with E-state index in [9.17, 15) is 14.7 Å². The van der Waals surface area contributed by atoms with Crippen LogP contribution in [-0.4, -0.2) is 22.5 Å². The van der Waals surface area contributed by atoms with Gasteiger partial charge in [-0.3, -0.25) is 4.79 Å². The smallest absolute Gasteiger partial charge is 0.329 e. The summed E-state index contributed by atoms with van der Waals surface area (Å²) < 4.78 is 0. The van der Waals surface area contributed by atoms with Crippen molar-refractivity contribution in [2.45, 2.75) is 63.3 Å². The van der Waals surface area contributed by atoms with Gasteiger partial charge < -0.3 is 10.4 Å². The van der Waals surface area contributed by atoms with Crippen LogP contribution in [0.3, 0.4) is 0 Å². The molecule has 1 aliphatic rings. The highest BCUT2D eigenvalue weighted by Crippen LogP contribution is 2.30. The molecular formula is C16H23NO3S. The predicted molar refractivity (Wildman–Crippen MR) is 83.5 cm³/mol. The number of carboxylic acids is 1. The van der Waals surface area contributed by atoms with E-state index in [1.54, 1.807) is 11.3 Å². The zero-order valence-electron chi connectivity index (χ0n) is 12.3. The maximum Gasteiger partial charge on any atom is 0.329 e. The first-order valence-corrected chi connectivity index (χ1v) is 8.57. The molecule has 1 fully saturated rings. The fourth-order valence-corrected chi connectivity index (χ4v) is 3.67. The fourth-order valence-electron chi connectivity index (χ4n) is 2.92. The summed E-state index contributed by atoms with van der Waals surface area (Å²) in [5.74, 6) is -0.999. The van der Waals surface area contributed by atoms with Crippen LogP contribution in [-0.2, 0) is 16.0 Å². The van der Waals surface area contributed by atoms with E-state index < -0.39 is 11.5 Å². The zero-order chi connectivity index (χ0) is 15.1. The molecular weight excluding hydrogens is 286 g/mol. The van der Waals surface area contributed by atoms with Crippen LogP contribution in [0, 0.1) is 0 Å². The molecule has 1 aromatic rings. The van der Waals surface area contributed by atoms with Crippen LogP contribution in [0.15, 0.2) is 17.5 Å². The summed E-state index contributed by atoms with van der Waals surface area (Å²) in [5, 5.41) is 14.2. The average Bonchev–Trinajstić information content (AvgIpc) is 3.10. The summed E-state index contributed by atoms with van der Waals surface area (Å²) in [7, 11) is 0. The molecule has 0 atom stereocenters. The molecule has 0 saturated heterocycles. The molecule has 4 nitrogen and oxygen atoms in total. The van der Waals surface area contributed by atoms with E-state index in [4.69, 9.17) is 0 Å². The van der Waals surface area contributed by atoms with Crippen molar-refractivity contribution < 1.29 is 14.7 Å². The Morgan fingerprint density at radius 1 is 1.24 bits per heavy atom. The highest BCUT2D eigenvalue weighted by molar-refractivity contribution is 7.09. The molecule has 0 unspecified atom stereocenters. The van der Waals surface area contributed by atoms with Gasteiger partial charge >= 0.3 is 5.97 Å². The largest absolute Gasteiger partial charge is 0.480 e. The van der Waals surface area contributed by atoms with Gasteiger partial charge in [0.05, 0.1) is 0 Å². The Kier molecular flexibility index (Phi) is 5.79. The van der Waals surface area contributed by atoms with Crippen molar-refractivity contribution in [1.29, 1.82) is 0 Å². The van der Waals surface area contributed by atoms with Gasteiger partial charge in [0.1, 0.15) is 5.54 Å².